The van der Waals surface area contributed by atoms with Crippen molar-refractivity contribution in [2.24, 2.45) is 4.99 Å². The molecule has 0 saturated carbocycles. The van der Waals surface area contributed by atoms with Crippen LogP contribution in [0.25, 0.3) is 0 Å². The Morgan fingerprint density at radius 2 is 1.78 bits per heavy atom. The Kier molecular flexibility index (Phi) is 8.43. The van der Waals surface area contributed by atoms with Crippen molar-refractivity contribution in [3.63, 3.8) is 0 Å². The summed E-state index contributed by atoms with van der Waals surface area (Å²) >= 11 is 0. The summed E-state index contributed by atoms with van der Waals surface area (Å²) in [5, 5.41) is 3.34. The van der Waals surface area contributed by atoms with Gasteiger partial charge < -0.3 is 20.0 Å². The van der Waals surface area contributed by atoms with Gasteiger partial charge in [-0.1, -0.05) is 19.1 Å². The Bertz CT molecular complexity index is 606. The van der Waals surface area contributed by atoms with Crippen molar-refractivity contribution in [1.29, 1.82) is 0 Å². The van der Waals surface area contributed by atoms with E-state index in [1.807, 2.05) is 7.05 Å². The van der Waals surface area contributed by atoms with Gasteiger partial charge in [0.05, 0.1) is 0 Å². The third kappa shape index (κ3) is 6.77. The Labute approximate surface area is 164 Å². The highest BCUT2D eigenvalue weighted by Crippen LogP contribution is 2.20. The number of nitrogens with one attached hydrogen (secondary N) is 1. The molecule has 0 unspecified atom stereocenters. The number of piperidine rings is 1. The Morgan fingerprint density at radius 3 is 2.37 bits per heavy atom. The van der Waals surface area contributed by atoms with E-state index in [1.54, 1.807) is 19.0 Å². The zero-order chi connectivity index (χ0) is 19.6. The number of nitrogens with zero attached hydrogens (tertiary/aromatic N) is 4. The van der Waals surface area contributed by atoms with Crippen molar-refractivity contribution < 1.29 is 4.79 Å². The predicted octanol–water partition coefficient (Wildman–Crippen LogP) is 2.55. The molecule has 6 heteroatoms. The summed E-state index contributed by atoms with van der Waals surface area (Å²) in [6, 6.07) is 8.84. The van der Waals surface area contributed by atoms with Gasteiger partial charge in [-0.15, -0.1) is 0 Å². The molecule has 1 aromatic carbocycles. The molecule has 1 aliphatic rings. The molecule has 1 aliphatic heterocycles. The molecule has 0 aliphatic carbocycles. The van der Waals surface area contributed by atoms with Crippen molar-refractivity contribution in [3.8, 4) is 0 Å². The summed E-state index contributed by atoms with van der Waals surface area (Å²) in [5.41, 5.74) is 2.55. The van der Waals surface area contributed by atoms with E-state index in [-0.39, 0.29) is 12.5 Å². The highest BCUT2D eigenvalue weighted by atomic mass is 16.2. The first-order chi connectivity index (χ1) is 13.0. The van der Waals surface area contributed by atoms with Gasteiger partial charge in [0.15, 0.2) is 5.96 Å². The second-order valence-corrected chi connectivity index (χ2v) is 7.42. The number of benzene rings is 1. The van der Waals surface area contributed by atoms with Gasteiger partial charge in [-0.3, -0.25) is 4.79 Å². The molecule has 1 amide bonds. The molecule has 0 aromatic heterocycles. The van der Waals surface area contributed by atoms with Gasteiger partial charge >= 0.3 is 0 Å². The lowest BCUT2D eigenvalue weighted by Gasteiger charge is -2.29. The maximum atomic E-state index is 11.9. The van der Waals surface area contributed by atoms with E-state index in [0.717, 1.165) is 38.6 Å². The lowest BCUT2D eigenvalue weighted by molar-refractivity contribution is -0.127. The van der Waals surface area contributed by atoms with Crippen LogP contribution in [0.5, 0.6) is 0 Å². The summed E-state index contributed by atoms with van der Waals surface area (Å²) in [5.74, 6) is 0.775. The quantitative estimate of drug-likeness (QED) is 0.589. The minimum absolute atomic E-state index is 0.00471. The third-order valence-electron chi connectivity index (χ3n) is 4.83. The second-order valence-electron chi connectivity index (χ2n) is 7.42. The SMILES string of the molecule is CCCNC(=NCC(=O)N(C)C)N(C)Cc1ccc(N2CCCCC2)cc1. The van der Waals surface area contributed by atoms with E-state index in [1.165, 1.54) is 30.5 Å². The molecule has 1 heterocycles. The molecule has 0 bridgehead atoms. The zero-order valence-electron chi connectivity index (χ0n) is 17.4. The van der Waals surface area contributed by atoms with Gasteiger partial charge in [0.1, 0.15) is 6.54 Å². The summed E-state index contributed by atoms with van der Waals surface area (Å²) in [7, 11) is 5.52. The van der Waals surface area contributed by atoms with Crippen molar-refractivity contribution in [1.82, 2.24) is 15.1 Å². The van der Waals surface area contributed by atoms with Crippen LogP contribution >= 0.6 is 0 Å². The number of carbonyl (C=O) groups excluding carboxylic acids is 1. The number of carbonyl (C=O) groups is 1. The fourth-order valence-corrected chi connectivity index (χ4v) is 3.15. The molecule has 6 nitrogen and oxygen atoms in total. The van der Waals surface area contributed by atoms with Gasteiger partial charge in [0, 0.05) is 53.0 Å². The number of likely N-dealkylation sites (N-methyl/N-ethyl adjacent to an activating group) is 1. The molecule has 0 radical (unpaired) electrons. The normalized spacial score (nSPS) is 14.8. The number of rotatable bonds is 7. The lowest BCUT2D eigenvalue weighted by Crippen LogP contribution is -2.40. The molecule has 1 saturated heterocycles. The molecular formula is C21H35N5O. The van der Waals surface area contributed by atoms with Gasteiger partial charge in [-0.2, -0.15) is 0 Å². The van der Waals surface area contributed by atoms with E-state index in [9.17, 15) is 4.79 Å². The van der Waals surface area contributed by atoms with Gasteiger partial charge in [-0.25, -0.2) is 4.99 Å². The molecule has 150 valence electrons. The molecule has 0 atom stereocenters. The monoisotopic (exact) mass is 373 g/mol. The summed E-state index contributed by atoms with van der Waals surface area (Å²) < 4.78 is 0. The van der Waals surface area contributed by atoms with E-state index in [4.69, 9.17) is 0 Å². The Morgan fingerprint density at radius 1 is 1.11 bits per heavy atom. The molecule has 27 heavy (non-hydrogen) atoms. The highest BCUT2D eigenvalue weighted by Gasteiger charge is 2.12. The average molecular weight is 374 g/mol. The van der Waals surface area contributed by atoms with Crippen molar-refractivity contribution >= 4 is 17.6 Å². The van der Waals surface area contributed by atoms with Gasteiger partial charge in [-0.05, 0) is 43.4 Å². The standard InChI is InChI=1S/C21H35N5O/c1-5-13-22-21(23-16-20(27)24(2)3)25(4)17-18-9-11-19(12-10-18)26-14-7-6-8-15-26/h9-12H,5-8,13-17H2,1-4H3,(H,22,23). The number of anilines is 1. The fourth-order valence-electron chi connectivity index (χ4n) is 3.15. The smallest absolute Gasteiger partial charge is 0.243 e. The summed E-state index contributed by atoms with van der Waals surface area (Å²) in [6.07, 6.45) is 4.94. The molecule has 0 spiro atoms. The molecule has 1 fully saturated rings. The maximum Gasteiger partial charge on any atom is 0.243 e. The van der Waals surface area contributed by atoms with Gasteiger partial charge in [0.2, 0.25) is 5.91 Å². The summed E-state index contributed by atoms with van der Waals surface area (Å²) in [4.78, 5) is 22.5. The topological polar surface area (TPSA) is 51.2 Å². The average Bonchev–Trinajstić information content (AvgIpc) is 2.69. The number of hydrogen-bond donors (Lipinski definition) is 1. The number of aliphatic imine (C=N–C) groups is 1. The minimum atomic E-state index is 0.00471. The van der Waals surface area contributed by atoms with Crippen LogP contribution in [0.4, 0.5) is 5.69 Å². The summed E-state index contributed by atoms with van der Waals surface area (Å²) in [6.45, 7) is 6.21. The number of hydrogen-bond acceptors (Lipinski definition) is 3. The molecule has 2 rings (SSSR count). The third-order valence-corrected chi connectivity index (χ3v) is 4.83. The first-order valence-corrected chi connectivity index (χ1v) is 10.0. The van der Waals surface area contributed by atoms with Gasteiger partial charge in [0.25, 0.3) is 0 Å². The first kappa shape index (κ1) is 21.1. The first-order valence-electron chi connectivity index (χ1n) is 10.0. The second kappa shape index (κ2) is 10.8. The van der Waals surface area contributed by atoms with E-state index >= 15 is 0 Å². The van der Waals surface area contributed by atoms with Crippen LogP contribution in [0.15, 0.2) is 29.3 Å². The van der Waals surface area contributed by atoms with Crippen LogP contribution in [0, 0.1) is 0 Å². The lowest BCUT2D eigenvalue weighted by atomic mass is 10.1. The van der Waals surface area contributed by atoms with Crippen molar-refractivity contribution in [2.75, 3.05) is 52.2 Å². The van der Waals surface area contributed by atoms with Crippen LogP contribution in [-0.2, 0) is 11.3 Å². The van der Waals surface area contributed by atoms with Crippen molar-refractivity contribution in [3.05, 3.63) is 29.8 Å². The van der Waals surface area contributed by atoms with E-state index < -0.39 is 0 Å². The predicted molar refractivity (Wildman–Crippen MR) is 113 cm³/mol. The fraction of sp³-hybridized carbons (Fsp3) is 0.619. The van der Waals surface area contributed by atoms with E-state index in [0.29, 0.717) is 0 Å². The molecular weight excluding hydrogens is 338 g/mol. The largest absolute Gasteiger partial charge is 0.372 e. The molecule has 1 aromatic rings. The number of guanidine groups is 1. The maximum absolute atomic E-state index is 11.9. The Balaban J connectivity index is 1.99. The Hall–Kier alpha value is -2.24. The van der Waals surface area contributed by atoms with Crippen molar-refractivity contribution in [2.45, 2.75) is 39.2 Å². The van der Waals surface area contributed by atoms with Crippen LogP contribution in [0.1, 0.15) is 38.2 Å². The highest BCUT2D eigenvalue weighted by molar-refractivity contribution is 5.84. The van der Waals surface area contributed by atoms with E-state index in [2.05, 4.69) is 51.3 Å². The van der Waals surface area contributed by atoms with Crippen LogP contribution in [-0.4, -0.2) is 69.0 Å². The van der Waals surface area contributed by atoms with Crippen LogP contribution in [0.2, 0.25) is 0 Å². The molecule has 1 N–H and O–H groups in total. The number of amides is 1. The van der Waals surface area contributed by atoms with Crippen LogP contribution < -0.4 is 10.2 Å². The van der Waals surface area contributed by atoms with Crippen LogP contribution in [0.3, 0.4) is 0 Å². The minimum Gasteiger partial charge on any atom is -0.372 e. The zero-order valence-corrected chi connectivity index (χ0v) is 17.4.